The number of aryl methyl sites for hydroxylation is 1. The van der Waals surface area contributed by atoms with Gasteiger partial charge in [-0.2, -0.15) is 0 Å². The molecule has 2 aromatic carbocycles. The van der Waals surface area contributed by atoms with Gasteiger partial charge in [-0.15, -0.1) is 0 Å². The van der Waals surface area contributed by atoms with E-state index in [0.717, 1.165) is 6.42 Å². The molecule has 0 bridgehead atoms. The molecule has 0 saturated carbocycles. The Labute approximate surface area is 144 Å². The fraction of sp³-hybridized carbons (Fsp3) is 0.222. The molecule has 25 heavy (non-hydrogen) atoms. The summed E-state index contributed by atoms with van der Waals surface area (Å²) in [6.07, 6.45) is 0.918. The number of hydrazine groups is 1. The lowest BCUT2D eigenvalue weighted by atomic mass is 10.2. The van der Waals surface area contributed by atoms with Gasteiger partial charge >= 0.3 is 0 Å². The summed E-state index contributed by atoms with van der Waals surface area (Å²) >= 11 is 0. The zero-order chi connectivity index (χ0) is 18.1. The molecule has 2 rings (SSSR count). The summed E-state index contributed by atoms with van der Waals surface area (Å²) < 4.78 is 23.6. The molecule has 0 aromatic heterocycles. The van der Waals surface area contributed by atoms with Gasteiger partial charge in [-0.3, -0.25) is 20.4 Å². The number of ether oxygens (including phenoxy) is 2. The van der Waals surface area contributed by atoms with Crippen LogP contribution in [0.15, 0.2) is 48.5 Å². The van der Waals surface area contributed by atoms with Gasteiger partial charge in [-0.25, -0.2) is 4.39 Å². The van der Waals surface area contributed by atoms with Gasteiger partial charge in [0.2, 0.25) is 0 Å². The summed E-state index contributed by atoms with van der Waals surface area (Å²) in [7, 11) is 0. The van der Waals surface area contributed by atoms with E-state index in [2.05, 4.69) is 10.9 Å². The van der Waals surface area contributed by atoms with Crippen LogP contribution in [0.5, 0.6) is 11.5 Å². The SMILES string of the molecule is CCc1ccc(OCC(=O)NNC(=O)COc2ccccc2F)cc1. The van der Waals surface area contributed by atoms with E-state index in [1.165, 1.54) is 23.8 Å². The average Bonchev–Trinajstić information content (AvgIpc) is 2.64. The molecule has 0 heterocycles. The summed E-state index contributed by atoms with van der Waals surface area (Å²) in [4.78, 5) is 23.2. The normalized spacial score (nSPS) is 10.0. The Balaban J connectivity index is 1.66. The highest BCUT2D eigenvalue weighted by atomic mass is 19.1. The monoisotopic (exact) mass is 346 g/mol. The number of rotatable bonds is 7. The Bertz CT molecular complexity index is 719. The first-order valence-electron chi connectivity index (χ1n) is 7.75. The maximum absolute atomic E-state index is 13.3. The molecular weight excluding hydrogens is 327 g/mol. The standard InChI is InChI=1S/C18H19FN2O4/c1-2-13-7-9-14(10-8-13)24-11-17(22)20-21-18(23)12-25-16-6-4-3-5-15(16)19/h3-10H,2,11-12H2,1H3,(H,20,22)(H,21,23). The van der Waals surface area contributed by atoms with E-state index in [9.17, 15) is 14.0 Å². The molecule has 2 N–H and O–H groups in total. The molecule has 7 heteroatoms. The van der Waals surface area contributed by atoms with E-state index in [-0.39, 0.29) is 12.4 Å². The minimum Gasteiger partial charge on any atom is -0.484 e. The zero-order valence-corrected chi connectivity index (χ0v) is 13.8. The van der Waals surface area contributed by atoms with Crippen LogP contribution >= 0.6 is 0 Å². The van der Waals surface area contributed by atoms with E-state index in [1.54, 1.807) is 18.2 Å². The molecule has 0 aliphatic rings. The summed E-state index contributed by atoms with van der Waals surface area (Å²) in [5, 5.41) is 0. The highest BCUT2D eigenvalue weighted by Gasteiger charge is 2.08. The van der Waals surface area contributed by atoms with Gasteiger partial charge in [-0.1, -0.05) is 31.2 Å². The van der Waals surface area contributed by atoms with Crippen LogP contribution in [0, 0.1) is 5.82 Å². The van der Waals surface area contributed by atoms with Crippen LogP contribution < -0.4 is 20.3 Å². The van der Waals surface area contributed by atoms with E-state index in [4.69, 9.17) is 9.47 Å². The van der Waals surface area contributed by atoms with Gasteiger partial charge in [0.25, 0.3) is 11.8 Å². The Kier molecular flexibility index (Phi) is 6.76. The molecule has 0 fully saturated rings. The third kappa shape index (κ3) is 6.14. The smallest absolute Gasteiger partial charge is 0.276 e. The van der Waals surface area contributed by atoms with Crippen molar-refractivity contribution >= 4 is 11.8 Å². The quantitative estimate of drug-likeness (QED) is 0.752. The molecule has 0 spiro atoms. The molecule has 0 atom stereocenters. The maximum atomic E-state index is 13.3. The van der Waals surface area contributed by atoms with Crippen molar-refractivity contribution in [2.75, 3.05) is 13.2 Å². The maximum Gasteiger partial charge on any atom is 0.276 e. The van der Waals surface area contributed by atoms with Crippen molar-refractivity contribution in [1.29, 1.82) is 0 Å². The Morgan fingerprint density at radius 3 is 2.12 bits per heavy atom. The summed E-state index contributed by atoms with van der Waals surface area (Å²) in [6.45, 7) is 1.36. The van der Waals surface area contributed by atoms with Crippen molar-refractivity contribution in [1.82, 2.24) is 10.9 Å². The molecule has 132 valence electrons. The van der Waals surface area contributed by atoms with Crippen LogP contribution in [0.4, 0.5) is 4.39 Å². The van der Waals surface area contributed by atoms with Gasteiger partial charge in [0, 0.05) is 0 Å². The fourth-order valence-corrected chi connectivity index (χ4v) is 1.89. The number of nitrogens with one attached hydrogen (secondary N) is 2. The van der Waals surface area contributed by atoms with Crippen LogP contribution in [0.1, 0.15) is 12.5 Å². The second kappa shape index (κ2) is 9.27. The predicted octanol–water partition coefficient (Wildman–Crippen LogP) is 1.99. The molecule has 6 nitrogen and oxygen atoms in total. The van der Waals surface area contributed by atoms with Crippen LogP contribution in [0.2, 0.25) is 0 Å². The minimum absolute atomic E-state index is 0.0390. The molecule has 2 amide bonds. The Hall–Kier alpha value is -3.09. The van der Waals surface area contributed by atoms with Crippen molar-refractivity contribution < 1.29 is 23.5 Å². The van der Waals surface area contributed by atoms with Crippen molar-refractivity contribution in [3.8, 4) is 11.5 Å². The number of halogens is 1. The topological polar surface area (TPSA) is 76.7 Å². The first-order valence-corrected chi connectivity index (χ1v) is 7.75. The lowest BCUT2D eigenvalue weighted by Gasteiger charge is -2.10. The van der Waals surface area contributed by atoms with Crippen molar-refractivity contribution in [3.63, 3.8) is 0 Å². The average molecular weight is 346 g/mol. The number of benzene rings is 2. The van der Waals surface area contributed by atoms with E-state index in [0.29, 0.717) is 5.75 Å². The van der Waals surface area contributed by atoms with E-state index >= 15 is 0 Å². The number of hydrogen-bond acceptors (Lipinski definition) is 4. The molecule has 0 aliphatic carbocycles. The summed E-state index contributed by atoms with van der Waals surface area (Å²) in [5.41, 5.74) is 5.52. The molecular formula is C18H19FN2O4. The Morgan fingerprint density at radius 1 is 0.920 bits per heavy atom. The molecule has 0 saturated heterocycles. The van der Waals surface area contributed by atoms with Gasteiger partial charge in [0.15, 0.2) is 24.8 Å². The molecule has 0 radical (unpaired) electrons. The summed E-state index contributed by atoms with van der Waals surface area (Å²) in [5.74, 6) is -1.20. The number of carbonyl (C=O) groups is 2. The lowest BCUT2D eigenvalue weighted by molar-refractivity contribution is -0.131. The highest BCUT2D eigenvalue weighted by Crippen LogP contribution is 2.15. The molecule has 0 aliphatic heterocycles. The van der Waals surface area contributed by atoms with Crippen LogP contribution in [0.3, 0.4) is 0 Å². The van der Waals surface area contributed by atoms with Crippen LogP contribution in [-0.4, -0.2) is 25.0 Å². The second-order valence-electron chi connectivity index (χ2n) is 5.10. The third-order valence-corrected chi connectivity index (χ3v) is 3.24. The van der Waals surface area contributed by atoms with Crippen molar-refractivity contribution in [2.24, 2.45) is 0 Å². The zero-order valence-electron chi connectivity index (χ0n) is 13.8. The minimum atomic E-state index is -0.621. The Morgan fingerprint density at radius 2 is 1.52 bits per heavy atom. The van der Waals surface area contributed by atoms with Gasteiger partial charge in [0.1, 0.15) is 5.75 Å². The van der Waals surface area contributed by atoms with Gasteiger partial charge in [-0.05, 0) is 36.2 Å². The third-order valence-electron chi connectivity index (χ3n) is 3.24. The number of carbonyl (C=O) groups excluding carboxylic acids is 2. The fourth-order valence-electron chi connectivity index (χ4n) is 1.89. The second-order valence-corrected chi connectivity index (χ2v) is 5.10. The largest absolute Gasteiger partial charge is 0.484 e. The van der Waals surface area contributed by atoms with Crippen LogP contribution in [0.25, 0.3) is 0 Å². The predicted molar refractivity (Wildman–Crippen MR) is 89.5 cm³/mol. The number of hydrogen-bond donors (Lipinski definition) is 2. The lowest BCUT2D eigenvalue weighted by Crippen LogP contribution is -2.45. The van der Waals surface area contributed by atoms with Gasteiger partial charge < -0.3 is 9.47 Å². The van der Waals surface area contributed by atoms with E-state index in [1.807, 2.05) is 19.1 Å². The first kappa shape index (κ1) is 18.3. The van der Waals surface area contributed by atoms with Crippen molar-refractivity contribution in [2.45, 2.75) is 13.3 Å². The number of para-hydroxylation sites is 1. The van der Waals surface area contributed by atoms with E-state index < -0.39 is 24.2 Å². The van der Waals surface area contributed by atoms with Crippen molar-refractivity contribution in [3.05, 3.63) is 59.9 Å². The van der Waals surface area contributed by atoms with Crippen LogP contribution in [-0.2, 0) is 16.0 Å². The van der Waals surface area contributed by atoms with Gasteiger partial charge in [0.05, 0.1) is 0 Å². The molecule has 2 aromatic rings. The summed E-state index contributed by atoms with van der Waals surface area (Å²) in [6, 6.07) is 13.1. The highest BCUT2D eigenvalue weighted by molar-refractivity contribution is 5.83. The molecule has 0 unspecified atom stereocenters. The first-order chi connectivity index (χ1) is 12.1. The number of amides is 2.